The molecule has 0 spiro atoms. The van der Waals surface area contributed by atoms with E-state index in [1.807, 2.05) is 30.3 Å². The molecule has 0 amide bonds. The molecule has 3 nitrogen and oxygen atoms in total. The molecule has 1 aromatic carbocycles. The first-order valence-electron chi connectivity index (χ1n) is 7.24. The first-order chi connectivity index (χ1) is 9.83. The van der Waals surface area contributed by atoms with E-state index >= 15 is 0 Å². The predicted octanol–water partition coefficient (Wildman–Crippen LogP) is 4.62. The quantitative estimate of drug-likeness (QED) is 0.821. The zero-order valence-corrected chi connectivity index (χ0v) is 12.2. The Morgan fingerprint density at radius 1 is 1.15 bits per heavy atom. The van der Waals surface area contributed by atoms with Crippen molar-refractivity contribution in [2.75, 3.05) is 0 Å². The molecule has 1 aliphatic carbocycles. The van der Waals surface area contributed by atoms with Gasteiger partial charge in [-0.2, -0.15) is 5.10 Å². The zero-order chi connectivity index (χ0) is 13.8. The summed E-state index contributed by atoms with van der Waals surface area (Å²) in [6.07, 6.45) is 8.55. The van der Waals surface area contributed by atoms with Crippen LogP contribution in [0.4, 0.5) is 0 Å². The lowest BCUT2D eigenvalue weighted by Crippen LogP contribution is -2.13. The van der Waals surface area contributed by atoms with Crippen LogP contribution >= 0.6 is 11.6 Å². The monoisotopic (exact) mass is 290 g/mol. The summed E-state index contributed by atoms with van der Waals surface area (Å²) in [5.41, 5.74) is 0.954. The van der Waals surface area contributed by atoms with Crippen LogP contribution in [0, 0.1) is 0 Å². The van der Waals surface area contributed by atoms with Gasteiger partial charge in [0.05, 0.1) is 16.8 Å². The van der Waals surface area contributed by atoms with Gasteiger partial charge in [0.25, 0.3) is 0 Å². The number of para-hydroxylation sites is 1. The van der Waals surface area contributed by atoms with Crippen LogP contribution in [0.15, 0.2) is 36.5 Å². The summed E-state index contributed by atoms with van der Waals surface area (Å²) in [5, 5.41) is 5.27. The third-order valence-electron chi connectivity index (χ3n) is 3.82. The van der Waals surface area contributed by atoms with E-state index in [0.29, 0.717) is 23.4 Å². The highest BCUT2D eigenvalue weighted by molar-refractivity contribution is 6.32. The fourth-order valence-corrected chi connectivity index (χ4v) is 2.91. The summed E-state index contributed by atoms with van der Waals surface area (Å²) < 4.78 is 7.82. The molecule has 0 bridgehead atoms. The van der Waals surface area contributed by atoms with Crippen molar-refractivity contribution in [3.8, 4) is 5.75 Å². The Morgan fingerprint density at radius 3 is 2.75 bits per heavy atom. The lowest BCUT2D eigenvalue weighted by atomic mass is 9.96. The molecular formula is C16H19ClN2O. The van der Waals surface area contributed by atoms with Crippen molar-refractivity contribution in [1.29, 1.82) is 0 Å². The highest BCUT2D eigenvalue weighted by atomic mass is 35.5. The van der Waals surface area contributed by atoms with Gasteiger partial charge in [-0.05, 0) is 31.0 Å². The number of rotatable bonds is 4. The maximum atomic E-state index is 6.07. The van der Waals surface area contributed by atoms with Crippen LogP contribution in [-0.2, 0) is 6.61 Å². The van der Waals surface area contributed by atoms with E-state index in [9.17, 15) is 0 Å². The molecule has 1 fully saturated rings. The molecule has 0 N–H and O–H groups in total. The molecule has 20 heavy (non-hydrogen) atoms. The van der Waals surface area contributed by atoms with E-state index in [1.54, 1.807) is 0 Å². The minimum atomic E-state index is 0.462. The van der Waals surface area contributed by atoms with Crippen LogP contribution in [0.1, 0.15) is 43.8 Å². The van der Waals surface area contributed by atoms with Crippen LogP contribution < -0.4 is 4.74 Å². The van der Waals surface area contributed by atoms with Gasteiger partial charge in [-0.15, -0.1) is 0 Å². The van der Waals surface area contributed by atoms with Crippen molar-refractivity contribution in [3.63, 3.8) is 0 Å². The van der Waals surface area contributed by atoms with E-state index < -0.39 is 0 Å². The molecule has 0 aliphatic heterocycles. The van der Waals surface area contributed by atoms with Crippen LogP contribution in [0.25, 0.3) is 0 Å². The Morgan fingerprint density at radius 2 is 1.95 bits per heavy atom. The van der Waals surface area contributed by atoms with E-state index in [0.717, 1.165) is 5.69 Å². The Hall–Kier alpha value is -1.48. The molecule has 0 atom stereocenters. The van der Waals surface area contributed by atoms with E-state index in [-0.39, 0.29) is 0 Å². The smallest absolute Gasteiger partial charge is 0.138 e. The van der Waals surface area contributed by atoms with Crippen LogP contribution in [0.5, 0.6) is 5.75 Å². The SMILES string of the molecule is Clc1ccccc1OCc1ccn(C2CCCCC2)n1. The number of halogens is 1. The second-order valence-corrected chi connectivity index (χ2v) is 5.71. The molecule has 1 heterocycles. The highest BCUT2D eigenvalue weighted by Crippen LogP contribution is 2.28. The Bertz CT molecular complexity index is 561. The summed E-state index contributed by atoms with van der Waals surface area (Å²) in [5.74, 6) is 0.710. The first-order valence-corrected chi connectivity index (χ1v) is 7.62. The van der Waals surface area contributed by atoms with Crippen molar-refractivity contribution in [1.82, 2.24) is 9.78 Å². The predicted molar refractivity (Wildman–Crippen MR) is 80.1 cm³/mol. The molecule has 106 valence electrons. The number of benzene rings is 1. The van der Waals surface area contributed by atoms with Crippen molar-refractivity contribution in [3.05, 3.63) is 47.2 Å². The summed E-state index contributed by atoms with van der Waals surface area (Å²) >= 11 is 6.07. The van der Waals surface area contributed by atoms with Crippen LogP contribution in [0.3, 0.4) is 0 Å². The summed E-state index contributed by atoms with van der Waals surface area (Å²) in [4.78, 5) is 0. The second kappa shape index (κ2) is 6.31. The molecule has 3 rings (SSSR count). The molecule has 4 heteroatoms. The zero-order valence-electron chi connectivity index (χ0n) is 11.5. The summed E-state index contributed by atoms with van der Waals surface area (Å²) in [7, 11) is 0. The number of ether oxygens (including phenoxy) is 1. The van der Waals surface area contributed by atoms with Gasteiger partial charge in [0.1, 0.15) is 12.4 Å². The normalized spacial score (nSPS) is 16.2. The topological polar surface area (TPSA) is 27.1 Å². The third-order valence-corrected chi connectivity index (χ3v) is 4.14. The van der Waals surface area contributed by atoms with Gasteiger partial charge in [0, 0.05) is 6.20 Å². The van der Waals surface area contributed by atoms with Crippen molar-refractivity contribution in [2.45, 2.75) is 44.8 Å². The van der Waals surface area contributed by atoms with Crippen molar-refractivity contribution in [2.24, 2.45) is 0 Å². The molecule has 1 aliphatic rings. The van der Waals surface area contributed by atoms with Gasteiger partial charge >= 0.3 is 0 Å². The van der Waals surface area contributed by atoms with Crippen molar-refractivity contribution >= 4 is 11.6 Å². The van der Waals surface area contributed by atoms with E-state index in [4.69, 9.17) is 16.3 Å². The Labute approximate surface area is 124 Å². The maximum Gasteiger partial charge on any atom is 0.138 e. The van der Waals surface area contributed by atoms with Crippen molar-refractivity contribution < 1.29 is 4.74 Å². The average Bonchev–Trinajstić information content (AvgIpc) is 2.96. The fraction of sp³-hybridized carbons (Fsp3) is 0.438. The molecule has 0 radical (unpaired) electrons. The summed E-state index contributed by atoms with van der Waals surface area (Å²) in [6.45, 7) is 0.462. The molecule has 0 unspecified atom stereocenters. The molecular weight excluding hydrogens is 272 g/mol. The molecule has 1 saturated carbocycles. The van der Waals surface area contributed by atoms with Gasteiger partial charge in [0.2, 0.25) is 0 Å². The minimum absolute atomic E-state index is 0.462. The Balaban J connectivity index is 1.61. The minimum Gasteiger partial charge on any atom is -0.486 e. The van der Waals surface area contributed by atoms with E-state index in [1.165, 1.54) is 32.1 Å². The Kier molecular flexibility index (Phi) is 4.26. The van der Waals surface area contributed by atoms with Gasteiger partial charge in [-0.3, -0.25) is 4.68 Å². The lowest BCUT2D eigenvalue weighted by Gasteiger charge is -2.21. The van der Waals surface area contributed by atoms with E-state index in [2.05, 4.69) is 16.0 Å². The molecule has 1 aromatic heterocycles. The number of hydrogen-bond donors (Lipinski definition) is 0. The largest absolute Gasteiger partial charge is 0.486 e. The van der Waals surface area contributed by atoms with Gasteiger partial charge in [0.15, 0.2) is 0 Å². The van der Waals surface area contributed by atoms with Crippen LogP contribution in [0.2, 0.25) is 5.02 Å². The van der Waals surface area contributed by atoms with Gasteiger partial charge in [-0.1, -0.05) is 43.0 Å². The summed E-state index contributed by atoms with van der Waals surface area (Å²) in [6, 6.07) is 10.1. The van der Waals surface area contributed by atoms with Gasteiger partial charge in [-0.25, -0.2) is 0 Å². The fourth-order valence-electron chi connectivity index (χ4n) is 2.72. The third kappa shape index (κ3) is 3.15. The molecule has 0 saturated heterocycles. The maximum absolute atomic E-state index is 6.07. The van der Waals surface area contributed by atoms with Crippen LogP contribution in [-0.4, -0.2) is 9.78 Å². The number of nitrogens with zero attached hydrogens (tertiary/aromatic N) is 2. The standard InChI is InChI=1S/C16H19ClN2O/c17-15-8-4-5-9-16(15)20-12-13-10-11-19(18-13)14-6-2-1-3-7-14/h4-5,8-11,14H,1-3,6-7,12H2. The number of aromatic nitrogens is 2. The first kappa shape index (κ1) is 13.5. The lowest BCUT2D eigenvalue weighted by molar-refractivity contribution is 0.291. The average molecular weight is 291 g/mol. The second-order valence-electron chi connectivity index (χ2n) is 5.30. The van der Waals surface area contributed by atoms with Gasteiger partial charge < -0.3 is 4.74 Å². The molecule has 2 aromatic rings. The number of hydrogen-bond acceptors (Lipinski definition) is 2. The highest BCUT2D eigenvalue weighted by Gasteiger charge is 2.16.